The first-order chi connectivity index (χ1) is 12.5. The highest BCUT2D eigenvalue weighted by atomic mass is 35.5. The number of hydrogen-bond donors (Lipinski definition) is 2. The van der Waals surface area contributed by atoms with Crippen LogP contribution < -0.4 is 15.9 Å². The second kappa shape index (κ2) is 8.35. The number of benzene rings is 2. The highest BCUT2D eigenvalue weighted by molar-refractivity contribution is 7.14. The summed E-state index contributed by atoms with van der Waals surface area (Å²) in [6, 6.07) is 9.52. The van der Waals surface area contributed by atoms with Gasteiger partial charge in [0.25, 0.3) is 0 Å². The first kappa shape index (κ1) is 18.4. The van der Waals surface area contributed by atoms with Crippen LogP contribution in [0.3, 0.4) is 0 Å². The van der Waals surface area contributed by atoms with Crippen LogP contribution in [0.5, 0.6) is 5.75 Å². The van der Waals surface area contributed by atoms with Crippen LogP contribution in [0.2, 0.25) is 10.0 Å². The number of hydrogen-bond acceptors (Lipinski definition) is 6. The fourth-order valence-electron chi connectivity index (χ4n) is 2.07. The maximum absolute atomic E-state index is 13.9. The zero-order valence-corrected chi connectivity index (χ0v) is 15.6. The van der Waals surface area contributed by atoms with Crippen LogP contribution in [0.25, 0.3) is 0 Å². The SMILES string of the molecule is Nc1csc(NN=Cc2cc(Cl)ccc2OCc2c(F)cccc2Cl)n1. The van der Waals surface area contributed by atoms with E-state index in [4.69, 9.17) is 33.7 Å². The molecular formula is C17H13Cl2FN4OS. The summed E-state index contributed by atoms with van der Waals surface area (Å²) in [5.41, 5.74) is 9.22. The van der Waals surface area contributed by atoms with Crippen molar-refractivity contribution in [3.05, 3.63) is 68.8 Å². The number of nitrogen functional groups attached to an aromatic ring is 1. The molecule has 1 heterocycles. The Bertz CT molecular complexity index is 928. The average molecular weight is 411 g/mol. The summed E-state index contributed by atoms with van der Waals surface area (Å²) in [6.07, 6.45) is 1.53. The molecule has 0 atom stereocenters. The van der Waals surface area contributed by atoms with E-state index >= 15 is 0 Å². The number of ether oxygens (including phenoxy) is 1. The summed E-state index contributed by atoms with van der Waals surface area (Å²) in [5.74, 6) is 0.476. The first-order valence-electron chi connectivity index (χ1n) is 7.38. The van der Waals surface area contributed by atoms with Crippen LogP contribution in [-0.2, 0) is 6.61 Å². The lowest BCUT2D eigenvalue weighted by molar-refractivity contribution is 0.299. The average Bonchev–Trinajstić information content (AvgIpc) is 3.01. The van der Waals surface area contributed by atoms with Crippen molar-refractivity contribution >= 4 is 51.7 Å². The van der Waals surface area contributed by atoms with Crippen molar-refractivity contribution in [1.29, 1.82) is 0 Å². The Hall–Kier alpha value is -2.35. The van der Waals surface area contributed by atoms with Gasteiger partial charge in [-0.3, -0.25) is 5.43 Å². The number of thiazole rings is 1. The van der Waals surface area contributed by atoms with E-state index in [9.17, 15) is 4.39 Å². The number of nitrogens with one attached hydrogen (secondary N) is 1. The lowest BCUT2D eigenvalue weighted by atomic mass is 10.2. The molecule has 5 nitrogen and oxygen atoms in total. The fraction of sp³-hybridized carbons (Fsp3) is 0.0588. The maximum atomic E-state index is 13.9. The molecule has 0 saturated carbocycles. The first-order valence-corrected chi connectivity index (χ1v) is 9.02. The van der Waals surface area contributed by atoms with Crippen LogP contribution in [0.15, 0.2) is 46.9 Å². The van der Waals surface area contributed by atoms with Gasteiger partial charge in [0.15, 0.2) is 0 Å². The minimum atomic E-state index is -0.426. The molecule has 0 saturated heterocycles. The van der Waals surface area contributed by atoms with Crippen molar-refractivity contribution in [2.24, 2.45) is 5.10 Å². The van der Waals surface area contributed by atoms with Crippen molar-refractivity contribution < 1.29 is 9.13 Å². The topological polar surface area (TPSA) is 72.5 Å². The Balaban J connectivity index is 1.75. The molecule has 3 aromatic rings. The van der Waals surface area contributed by atoms with Crippen LogP contribution in [0.1, 0.15) is 11.1 Å². The van der Waals surface area contributed by atoms with E-state index in [2.05, 4.69) is 15.5 Å². The predicted octanol–water partition coefficient (Wildman–Crippen LogP) is 5.20. The van der Waals surface area contributed by atoms with Gasteiger partial charge < -0.3 is 10.5 Å². The lowest BCUT2D eigenvalue weighted by Crippen LogP contribution is -2.02. The van der Waals surface area contributed by atoms with E-state index < -0.39 is 5.82 Å². The quantitative estimate of drug-likeness (QED) is 0.432. The zero-order chi connectivity index (χ0) is 18.5. The summed E-state index contributed by atoms with van der Waals surface area (Å²) >= 11 is 13.4. The zero-order valence-electron chi connectivity index (χ0n) is 13.2. The van der Waals surface area contributed by atoms with Crippen LogP contribution >= 0.6 is 34.5 Å². The Morgan fingerprint density at radius 2 is 2.15 bits per heavy atom. The molecule has 0 bridgehead atoms. The second-order valence-electron chi connectivity index (χ2n) is 5.12. The highest BCUT2D eigenvalue weighted by Crippen LogP contribution is 2.25. The predicted molar refractivity (Wildman–Crippen MR) is 105 cm³/mol. The fourth-order valence-corrected chi connectivity index (χ4v) is 3.01. The van der Waals surface area contributed by atoms with Gasteiger partial charge in [0.2, 0.25) is 5.13 Å². The third-order valence-electron chi connectivity index (χ3n) is 3.29. The van der Waals surface area contributed by atoms with Crippen LogP contribution in [-0.4, -0.2) is 11.2 Å². The van der Waals surface area contributed by atoms with E-state index in [0.717, 1.165) is 0 Å². The van der Waals surface area contributed by atoms with Gasteiger partial charge in [-0.25, -0.2) is 9.37 Å². The maximum Gasteiger partial charge on any atom is 0.205 e. The monoisotopic (exact) mass is 410 g/mol. The normalized spacial score (nSPS) is 11.0. The number of aromatic nitrogens is 1. The Labute approximate surface area is 163 Å². The van der Waals surface area contributed by atoms with Gasteiger partial charge in [-0.05, 0) is 30.3 Å². The summed E-state index contributed by atoms with van der Waals surface area (Å²) in [7, 11) is 0. The summed E-state index contributed by atoms with van der Waals surface area (Å²) in [6.45, 7) is -0.0234. The molecule has 26 heavy (non-hydrogen) atoms. The summed E-state index contributed by atoms with van der Waals surface area (Å²) in [4.78, 5) is 4.04. The van der Waals surface area contributed by atoms with E-state index in [1.807, 2.05) is 0 Å². The van der Waals surface area contributed by atoms with E-state index in [-0.39, 0.29) is 12.2 Å². The van der Waals surface area contributed by atoms with E-state index in [1.165, 1.54) is 23.6 Å². The molecule has 0 aliphatic heterocycles. The highest BCUT2D eigenvalue weighted by Gasteiger charge is 2.10. The number of nitrogens with zero attached hydrogens (tertiary/aromatic N) is 2. The smallest absolute Gasteiger partial charge is 0.205 e. The Kier molecular flexibility index (Phi) is 5.92. The minimum absolute atomic E-state index is 0.0234. The third-order valence-corrected chi connectivity index (χ3v) is 4.65. The molecule has 3 rings (SSSR count). The van der Waals surface area contributed by atoms with Crippen molar-refractivity contribution in [3.63, 3.8) is 0 Å². The van der Waals surface area contributed by atoms with E-state index in [0.29, 0.717) is 32.3 Å². The Morgan fingerprint density at radius 3 is 2.88 bits per heavy atom. The van der Waals surface area contributed by atoms with Gasteiger partial charge >= 0.3 is 0 Å². The molecule has 0 aliphatic carbocycles. The number of nitrogens with two attached hydrogens (primary N) is 1. The molecule has 0 fully saturated rings. The summed E-state index contributed by atoms with van der Waals surface area (Å²) < 4.78 is 19.6. The molecule has 2 aromatic carbocycles. The van der Waals surface area contributed by atoms with Crippen molar-refractivity contribution in [2.45, 2.75) is 6.61 Å². The molecular weight excluding hydrogens is 398 g/mol. The third kappa shape index (κ3) is 4.63. The molecule has 0 spiro atoms. The van der Waals surface area contributed by atoms with Crippen molar-refractivity contribution in [2.75, 3.05) is 11.2 Å². The van der Waals surface area contributed by atoms with Gasteiger partial charge in [-0.1, -0.05) is 29.3 Å². The number of anilines is 2. The minimum Gasteiger partial charge on any atom is -0.488 e. The molecule has 9 heteroatoms. The number of halogens is 3. The standard InChI is InChI=1S/C17H13Cl2FN4OS/c18-11-4-5-15(25-8-12-13(19)2-1-3-14(12)20)10(6-11)7-22-24-17-23-16(21)9-26-17/h1-7,9H,8,21H2,(H,23,24). The summed E-state index contributed by atoms with van der Waals surface area (Å²) in [5, 5.41) is 7.17. The molecule has 3 N–H and O–H groups in total. The van der Waals surface area contributed by atoms with Crippen molar-refractivity contribution in [3.8, 4) is 5.75 Å². The molecule has 0 unspecified atom stereocenters. The molecule has 0 radical (unpaired) electrons. The van der Waals surface area contributed by atoms with Crippen molar-refractivity contribution in [1.82, 2.24) is 4.98 Å². The van der Waals surface area contributed by atoms with E-state index in [1.54, 1.807) is 35.7 Å². The number of hydrazone groups is 1. The molecule has 0 aliphatic rings. The van der Waals surface area contributed by atoms with Gasteiger partial charge in [-0.2, -0.15) is 5.10 Å². The Morgan fingerprint density at radius 1 is 1.31 bits per heavy atom. The van der Waals surface area contributed by atoms with Gasteiger partial charge in [0, 0.05) is 21.5 Å². The number of rotatable bonds is 6. The second-order valence-corrected chi connectivity index (χ2v) is 6.82. The van der Waals surface area contributed by atoms with Gasteiger partial charge in [0.1, 0.15) is 24.0 Å². The molecule has 1 aromatic heterocycles. The van der Waals surface area contributed by atoms with Gasteiger partial charge in [0.05, 0.1) is 11.2 Å². The lowest BCUT2D eigenvalue weighted by Gasteiger charge is -2.11. The molecule has 0 amide bonds. The van der Waals surface area contributed by atoms with Crippen LogP contribution in [0, 0.1) is 5.82 Å². The molecule has 134 valence electrons. The largest absolute Gasteiger partial charge is 0.488 e. The van der Waals surface area contributed by atoms with Crippen LogP contribution in [0.4, 0.5) is 15.3 Å². The van der Waals surface area contributed by atoms with Gasteiger partial charge in [-0.15, -0.1) is 11.3 Å².